The molecule has 1 unspecified atom stereocenters. The highest BCUT2D eigenvalue weighted by Gasteiger charge is 2.37. The van der Waals surface area contributed by atoms with Crippen LogP contribution in [-0.2, 0) is 15.1 Å². The van der Waals surface area contributed by atoms with Crippen LogP contribution in [0.3, 0.4) is 0 Å². The molecular weight excluding hydrogens is 261 g/mol. The van der Waals surface area contributed by atoms with Crippen molar-refractivity contribution in [1.29, 1.82) is 0 Å². The van der Waals surface area contributed by atoms with Gasteiger partial charge in [0.1, 0.15) is 5.82 Å². The molecule has 1 aliphatic carbocycles. The molecule has 1 atom stereocenters. The molecule has 5 heteroatoms. The normalized spacial score (nSPS) is 17.3. The van der Waals surface area contributed by atoms with Crippen LogP contribution in [0.2, 0.25) is 0 Å². The van der Waals surface area contributed by atoms with E-state index in [1.807, 2.05) is 0 Å². The van der Waals surface area contributed by atoms with E-state index in [1.165, 1.54) is 31.2 Å². The summed E-state index contributed by atoms with van der Waals surface area (Å²) in [5.74, 6) is -1.28. The molecule has 1 fully saturated rings. The number of nitrogens with one attached hydrogen (secondary N) is 1. The molecule has 1 amide bonds. The van der Waals surface area contributed by atoms with E-state index in [2.05, 4.69) is 5.32 Å². The molecule has 0 saturated heterocycles. The first-order valence-corrected chi connectivity index (χ1v) is 6.72. The Balaban J connectivity index is 2.09. The summed E-state index contributed by atoms with van der Waals surface area (Å²) < 4.78 is 12.9. The zero-order valence-electron chi connectivity index (χ0n) is 11.4. The Morgan fingerprint density at radius 1 is 1.35 bits per heavy atom. The van der Waals surface area contributed by atoms with Crippen LogP contribution in [-0.4, -0.2) is 17.0 Å². The SMILES string of the molecule is CC(NC(=O)CCC1CC1)(C(=O)O)c1ccc(F)cc1. The van der Waals surface area contributed by atoms with Gasteiger partial charge in [-0.1, -0.05) is 25.0 Å². The van der Waals surface area contributed by atoms with Gasteiger partial charge in [-0.25, -0.2) is 9.18 Å². The van der Waals surface area contributed by atoms with Gasteiger partial charge in [0.2, 0.25) is 5.91 Å². The van der Waals surface area contributed by atoms with Gasteiger partial charge in [-0.3, -0.25) is 4.79 Å². The zero-order chi connectivity index (χ0) is 14.8. The molecule has 20 heavy (non-hydrogen) atoms. The van der Waals surface area contributed by atoms with Crippen LogP contribution in [0.25, 0.3) is 0 Å². The highest BCUT2D eigenvalue weighted by molar-refractivity contribution is 5.87. The first-order chi connectivity index (χ1) is 9.41. The van der Waals surface area contributed by atoms with E-state index in [4.69, 9.17) is 0 Å². The van der Waals surface area contributed by atoms with Crippen molar-refractivity contribution in [2.45, 2.75) is 38.1 Å². The van der Waals surface area contributed by atoms with Crippen molar-refractivity contribution in [2.24, 2.45) is 5.92 Å². The Morgan fingerprint density at radius 2 is 1.95 bits per heavy atom. The molecule has 1 aliphatic rings. The van der Waals surface area contributed by atoms with E-state index in [9.17, 15) is 19.1 Å². The number of hydrogen-bond donors (Lipinski definition) is 2. The third-order valence-corrected chi connectivity index (χ3v) is 3.72. The van der Waals surface area contributed by atoms with Crippen molar-refractivity contribution in [3.05, 3.63) is 35.6 Å². The van der Waals surface area contributed by atoms with Crippen LogP contribution < -0.4 is 5.32 Å². The molecule has 0 bridgehead atoms. The molecule has 1 aromatic carbocycles. The Hall–Kier alpha value is -1.91. The number of carbonyl (C=O) groups is 2. The van der Waals surface area contributed by atoms with E-state index in [0.717, 1.165) is 19.3 Å². The minimum atomic E-state index is -1.53. The molecule has 4 nitrogen and oxygen atoms in total. The van der Waals surface area contributed by atoms with E-state index < -0.39 is 17.3 Å². The maximum Gasteiger partial charge on any atom is 0.333 e. The predicted molar refractivity (Wildman–Crippen MR) is 71.5 cm³/mol. The lowest BCUT2D eigenvalue weighted by Crippen LogP contribution is -2.49. The maximum atomic E-state index is 12.9. The number of carboxylic acid groups (broad SMARTS) is 1. The number of halogens is 1. The highest BCUT2D eigenvalue weighted by atomic mass is 19.1. The molecule has 108 valence electrons. The number of hydrogen-bond acceptors (Lipinski definition) is 2. The molecule has 0 aromatic heterocycles. The van der Waals surface area contributed by atoms with Crippen molar-refractivity contribution in [3.8, 4) is 0 Å². The Kier molecular flexibility index (Phi) is 4.06. The molecule has 0 aliphatic heterocycles. The summed E-state index contributed by atoms with van der Waals surface area (Å²) in [6, 6.07) is 5.13. The number of aliphatic carboxylic acids is 1. The van der Waals surface area contributed by atoms with Crippen molar-refractivity contribution >= 4 is 11.9 Å². The fourth-order valence-electron chi connectivity index (χ4n) is 2.12. The summed E-state index contributed by atoms with van der Waals surface area (Å²) in [6.07, 6.45) is 3.43. The third kappa shape index (κ3) is 3.35. The summed E-state index contributed by atoms with van der Waals surface area (Å²) in [6.45, 7) is 1.41. The summed E-state index contributed by atoms with van der Waals surface area (Å²) in [5, 5.41) is 11.9. The molecule has 0 radical (unpaired) electrons. The van der Waals surface area contributed by atoms with Gasteiger partial charge in [0.15, 0.2) is 5.54 Å². The van der Waals surface area contributed by atoms with Crippen LogP contribution in [0.4, 0.5) is 4.39 Å². The fourth-order valence-corrected chi connectivity index (χ4v) is 2.12. The summed E-state index contributed by atoms with van der Waals surface area (Å²) >= 11 is 0. The highest BCUT2D eigenvalue weighted by Crippen LogP contribution is 2.33. The topological polar surface area (TPSA) is 66.4 Å². The first kappa shape index (κ1) is 14.5. The molecule has 0 spiro atoms. The van der Waals surface area contributed by atoms with Crippen LogP contribution in [0.15, 0.2) is 24.3 Å². The minimum Gasteiger partial charge on any atom is -0.479 e. The number of rotatable bonds is 6. The van der Waals surface area contributed by atoms with Crippen LogP contribution in [0.1, 0.15) is 38.2 Å². The second-order valence-corrected chi connectivity index (χ2v) is 5.47. The lowest BCUT2D eigenvalue weighted by atomic mass is 9.91. The first-order valence-electron chi connectivity index (χ1n) is 6.72. The Labute approximate surface area is 117 Å². The van der Waals surface area contributed by atoms with Gasteiger partial charge in [-0.05, 0) is 37.0 Å². The largest absolute Gasteiger partial charge is 0.479 e. The van der Waals surface area contributed by atoms with Crippen molar-refractivity contribution in [1.82, 2.24) is 5.32 Å². The number of carboxylic acids is 1. The van der Waals surface area contributed by atoms with Gasteiger partial charge >= 0.3 is 5.97 Å². The fraction of sp³-hybridized carbons (Fsp3) is 0.467. The van der Waals surface area contributed by atoms with Gasteiger partial charge in [0.05, 0.1) is 0 Å². The van der Waals surface area contributed by atoms with Crippen molar-refractivity contribution in [3.63, 3.8) is 0 Å². The number of benzene rings is 1. The number of amides is 1. The molecule has 0 heterocycles. The van der Waals surface area contributed by atoms with Crippen LogP contribution in [0.5, 0.6) is 0 Å². The van der Waals surface area contributed by atoms with Gasteiger partial charge in [-0.2, -0.15) is 0 Å². The summed E-state index contributed by atoms with van der Waals surface area (Å²) in [7, 11) is 0. The average Bonchev–Trinajstić information content (AvgIpc) is 3.20. The standard InChI is InChI=1S/C15H18FNO3/c1-15(14(19)20,11-5-7-12(16)8-6-11)17-13(18)9-4-10-2-3-10/h5-8,10H,2-4,9H2,1H3,(H,17,18)(H,19,20). The smallest absolute Gasteiger partial charge is 0.333 e. The monoisotopic (exact) mass is 279 g/mol. The van der Waals surface area contributed by atoms with E-state index in [1.54, 1.807) is 0 Å². The lowest BCUT2D eigenvalue weighted by Gasteiger charge is -2.26. The van der Waals surface area contributed by atoms with Gasteiger partial charge < -0.3 is 10.4 Å². The summed E-state index contributed by atoms with van der Waals surface area (Å²) in [4.78, 5) is 23.4. The zero-order valence-corrected chi connectivity index (χ0v) is 11.4. The molecule has 1 saturated carbocycles. The van der Waals surface area contributed by atoms with Crippen LogP contribution >= 0.6 is 0 Å². The van der Waals surface area contributed by atoms with Crippen molar-refractivity contribution in [2.75, 3.05) is 0 Å². The number of carbonyl (C=O) groups excluding carboxylic acids is 1. The minimum absolute atomic E-state index is 0.286. The predicted octanol–water partition coefficient (Wildman–Crippen LogP) is 2.43. The maximum absolute atomic E-state index is 12.9. The Bertz CT molecular complexity index is 510. The van der Waals surface area contributed by atoms with Crippen molar-refractivity contribution < 1.29 is 19.1 Å². The van der Waals surface area contributed by atoms with E-state index >= 15 is 0 Å². The molecular formula is C15H18FNO3. The van der Waals surface area contributed by atoms with Gasteiger partial charge in [-0.15, -0.1) is 0 Å². The second-order valence-electron chi connectivity index (χ2n) is 5.47. The quantitative estimate of drug-likeness (QED) is 0.840. The van der Waals surface area contributed by atoms with E-state index in [-0.39, 0.29) is 5.91 Å². The molecule has 1 aromatic rings. The Morgan fingerprint density at radius 3 is 2.45 bits per heavy atom. The average molecular weight is 279 g/mol. The van der Waals surface area contributed by atoms with Gasteiger partial charge in [0, 0.05) is 6.42 Å². The molecule has 2 N–H and O–H groups in total. The third-order valence-electron chi connectivity index (χ3n) is 3.72. The molecule has 2 rings (SSSR count). The second kappa shape index (κ2) is 5.61. The van der Waals surface area contributed by atoms with Gasteiger partial charge in [0.25, 0.3) is 0 Å². The van der Waals surface area contributed by atoms with E-state index in [0.29, 0.717) is 17.9 Å². The summed E-state index contributed by atoms with van der Waals surface area (Å²) in [5.41, 5.74) is -1.18. The lowest BCUT2D eigenvalue weighted by molar-refractivity contribution is -0.147. The van der Waals surface area contributed by atoms with Crippen LogP contribution in [0, 0.1) is 11.7 Å².